The van der Waals surface area contributed by atoms with Crippen molar-refractivity contribution in [1.82, 2.24) is 19.5 Å². The van der Waals surface area contributed by atoms with Crippen molar-refractivity contribution in [2.75, 3.05) is 11.1 Å². The van der Waals surface area contributed by atoms with Gasteiger partial charge in [0.05, 0.1) is 5.56 Å². The molecule has 0 bridgehead atoms. The second kappa shape index (κ2) is 6.35. The number of nitrogens with one attached hydrogen (secondary N) is 1. The van der Waals surface area contributed by atoms with E-state index >= 15 is 0 Å². The monoisotopic (exact) mass is 364 g/mol. The molecule has 4 N–H and O–H groups in total. The number of carbonyl (C=O) groups is 1. The highest BCUT2D eigenvalue weighted by Gasteiger charge is 2.30. The summed E-state index contributed by atoms with van der Waals surface area (Å²) in [6.07, 6.45) is -1.01. The number of hydrogen-bond acceptors (Lipinski definition) is 6. The first kappa shape index (κ1) is 17.2. The molecule has 0 spiro atoms. The van der Waals surface area contributed by atoms with Crippen LogP contribution in [0.25, 0.3) is 5.82 Å². The molecule has 0 unspecified atom stereocenters. The lowest BCUT2D eigenvalue weighted by Crippen LogP contribution is -2.07. The number of aromatic nitrogens is 4. The highest BCUT2D eigenvalue weighted by Crippen LogP contribution is 2.30. The Kier molecular flexibility index (Phi) is 4.20. The van der Waals surface area contributed by atoms with Crippen molar-refractivity contribution >= 4 is 23.3 Å². The highest BCUT2D eigenvalue weighted by atomic mass is 19.4. The van der Waals surface area contributed by atoms with Gasteiger partial charge in [0.1, 0.15) is 23.8 Å². The number of pyridine rings is 2. The van der Waals surface area contributed by atoms with E-state index in [4.69, 9.17) is 10.8 Å². The number of carboxylic acid groups (broad SMARTS) is 1. The lowest BCUT2D eigenvalue weighted by Gasteiger charge is -2.11. The normalized spacial score (nSPS) is 11.3. The minimum atomic E-state index is -4.50. The molecule has 0 saturated carbocycles. The zero-order chi connectivity index (χ0) is 18.9. The Morgan fingerprint density at radius 3 is 2.62 bits per heavy atom. The Labute approximate surface area is 144 Å². The number of carboxylic acids is 1. The van der Waals surface area contributed by atoms with Crippen molar-refractivity contribution < 1.29 is 23.1 Å². The fourth-order valence-electron chi connectivity index (χ4n) is 2.10. The minimum absolute atomic E-state index is 0.0688. The van der Waals surface area contributed by atoms with E-state index in [0.717, 1.165) is 18.3 Å². The van der Waals surface area contributed by atoms with Crippen LogP contribution in [0, 0.1) is 0 Å². The number of hydrogen-bond donors (Lipinski definition) is 3. The third-order valence-corrected chi connectivity index (χ3v) is 3.24. The second-order valence-electron chi connectivity index (χ2n) is 5.17. The van der Waals surface area contributed by atoms with Gasteiger partial charge >= 0.3 is 12.1 Å². The van der Waals surface area contributed by atoms with Crippen LogP contribution in [0.5, 0.6) is 0 Å². The minimum Gasteiger partial charge on any atom is -0.476 e. The smallest absolute Gasteiger partial charge is 0.416 e. The zero-order valence-electron chi connectivity index (χ0n) is 12.9. The van der Waals surface area contributed by atoms with Crippen molar-refractivity contribution in [3.63, 3.8) is 0 Å². The molecule has 3 aromatic rings. The summed E-state index contributed by atoms with van der Waals surface area (Å²) in [5.41, 5.74) is 4.99. The van der Waals surface area contributed by atoms with E-state index in [1.165, 1.54) is 29.2 Å². The number of alkyl halides is 3. The molecule has 3 rings (SSSR count). The summed E-state index contributed by atoms with van der Waals surface area (Å²) in [6, 6.07) is 4.55. The van der Waals surface area contributed by atoms with Gasteiger partial charge in [-0.05, 0) is 12.1 Å². The lowest BCUT2D eigenvalue weighted by molar-refractivity contribution is -0.137. The number of halogens is 3. The standard InChI is InChI=1S/C15H11F3N6O2/c16-15(17,18)8-1-2-20-11(3-8)22-12-4-9(19)5-13(23-12)24-6-10(14(25)26)21-7-24/h1-7H,(H,25,26)(H3,19,20,22,23). The van der Waals surface area contributed by atoms with Gasteiger partial charge in [-0.2, -0.15) is 13.2 Å². The van der Waals surface area contributed by atoms with Crippen molar-refractivity contribution in [3.05, 3.63) is 54.2 Å². The molecule has 0 aliphatic rings. The topological polar surface area (TPSA) is 119 Å². The van der Waals surface area contributed by atoms with Gasteiger partial charge in [-0.3, -0.25) is 4.57 Å². The fourth-order valence-corrected chi connectivity index (χ4v) is 2.10. The largest absolute Gasteiger partial charge is 0.476 e. The van der Waals surface area contributed by atoms with Gasteiger partial charge in [0.25, 0.3) is 0 Å². The summed E-state index contributed by atoms with van der Waals surface area (Å²) < 4.78 is 39.6. The molecule has 0 saturated heterocycles. The van der Waals surface area contributed by atoms with Crippen LogP contribution in [-0.2, 0) is 6.18 Å². The fraction of sp³-hybridized carbons (Fsp3) is 0.0667. The maximum atomic E-state index is 12.8. The molecule has 0 radical (unpaired) electrons. The molecule has 0 aliphatic heterocycles. The number of aromatic carboxylic acids is 1. The van der Waals surface area contributed by atoms with Crippen molar-refractivity contribution in [3.8, 4) is 5.82 Å². The van der Waals surface area contributed by atoms with Crippen molar-refractivity contribution in [1.29, 1.82) is 0 Å². The second-order valence-corrected chi connectivity index (χ2v) is 5.17. The number of imidazole rings is 1. The maximum absolute atomic E-state index is 12.8. The summed E-state index contributed by atoms with van der Waals surface area (Å²) in [4.78, 5) is 22.6. The molecule has 0 amide bonds. The van der Waals surface area contributed by atoms with Gasteiger partial charge in [-0.15, -0.1) is 0 Å². The van der Waals surface area contributed by atoms with Crippen LogP contribution in [0.15, 0.2) is 43.0 Å². The number of nitrogen functional groups attached to an aromatic ring is 1. The van der Waals surface area contributed by atoms with Crippen LogP contribution in [0.3, 0.4) is 0 Å². The summed E-state index contributed by atoms with van der Waals surface area (Å²) in [5.74, 6) is -0.906. The van der Waals surface area contributed by atoms with Gasteiger partial charge < -0.3 is 16.2 Å². The molecular weight excluding hydrogens is 353 g/mol. The number of nitrogens with zero attached hydrogens (tertiary/aromatic N) is 4. The van der Waals surface area contributed by atoms with E-state index < -0.39 is 17.7 Å². The van der Waals surface area contributed by atoms with Crippen LogP contribution < -0.4 is 11.1 Å². The first-order valence-electron chi connectivity index (χ1n) is 7.08. The first-order valence-corrected chi connectivity index (χ1v) is 7.08. The Morgan fingerprint density at radius 1 is 1.19 bits per heavy atom. The maximum Gasteiger partial charge on any atom is 0.416 e. The predicted octanol–water partition coefficient (Wildman–Crippen LogP) is 2.71. The average molecular weight is 364 g/mol. The van der Waals surface area contributed by atoms with E-state index in [2.05, 4.69) is 20.3 Å². The Morgan fingerprint density at radius 2 is 1.96 bits per heavy atom. The van der Waals surface area contributed by atoms with Crippen LogP contribution in [0.1, 0.15) is 16.1 Å². The van der Waals surface area contributed by atoms with Gasteiger partial charge in [0.15, 0.2) is 5.69 Å². The Bertz CT molecular complexity index is 970. The first-order chi connectivity index (χ1) is 12.2. The number of anilines is 3. The SMILES string of the molecule is Nc1cc(Nc2cc(C(F)(F)F)ccn2)nc(-n2cnc(C(=O)O)c2)c1. The molecule has 8 nitrogen and oxygen atoms in total. The van der Waals surface area contributed by atoms with Crippen LogP contribution in [-0.4, -0.2) is 30.6 Å². The van der Waals surface area contributed by atoms with Gasteiger partial charge in [-0.25, -0.2) is 19.7 Å². The Balaban J connectivity index is 1.92. The van der Waals surface area contributed by atoms with Gasteiger partial charge in [-0.1, -0.05) is 0 Å². The summed E-state index contributed by atoms with van der Waals surface area (Å²) >= 11 is 0. The number of rotatable bonds is 4. The number of nitrogens with two attached hydrogens (primary N) is 1. The molecule has 0 atom stereocenters. The molecule has 134 valence electrons. The van der Waals surface area contributed by atoms with Crippen LogP contribution in [0.2, 0.25) is 0 Å². The zero-order valence-corrected chi connectivity index (χ0v) is 12.9. The van der Waals surface area contributed by atoms with E-state index in [0.29, 0.717) is 0 Å². The quantitative estimate of drug-likeness (QED) is 0.651. The molecule has 0 aromatic carbocycles. The van der Waals surface area contributed by atoms with E-state index in [1.54, 1.807) is 0 Å². The lowest BCUT2D eigenvalue weighted by atomic mass is 10.2. The third kappa shape index (κ3) is 3.71. The van der Waals surface area contributed by atoms with Crippen molar-refractivity contribution in [2.24, 2.45) is 0 Å². The van der Waals surface area contributed by atoms with Crippen molar-refractivity contribution in [2.45, 2.75) is 6.18 Å². The highest BCUT2D eigenvalue weighted by molar-refractivity contribution is 5.85. The molecule has 26 heavy (non-hydrogen) atoms. The summed E-state index contributed by atoms with van der Waals surface area (Å²) in [5, 5.41) is 11.6. The summed E-state index contributed by atoms with van der Waals surface area (Å²) in [7, 11) is 0. The Hall–Kier alpha value is -3.63. The molecule has 0 fully saturated rings. The molecule has 11 heteroatoms. The van der Waals surface area contributed by atoms with Gasteiger partial charge in [0, 0.05) is 30.2 Å². The van der Waals surface area contributed by atoms with E-state index in [-0.39, 0.29) is 28.8 Å². The average Bonchev–Trinajstić information content (AvgIpc) is 3.04. The van der Waals surface area contributed by atoms with E-state index in [9.17, 15) is 18.0 Å². The third-order valence-electron chi connectivity index (χ3n) is 3.24. The molecule has 0 aliphatic carbocycles. The molecular formula is C15H11F3N6O2. The molecule has 3 aromatic heterocycles. The molecule has 3 heterocycles. The predicted molar refractivity (Wildman–Crippen MR) is 85.3 cm³/mol. The van der Waals surface area contributed by atoms with Gasteiger partial charge in [0.2, 0.25) is 0 Å². The van der Waals surface area contributed by atoms with Crippen LogP contribution in [0.4, 0.5) is 30.5 Å². The summed E-state index contributed by atoms with van der Waals surface area (Å²) in [6.45, 7) is 0. The van der Waals surface area contributed by atoms with Crippen LogP contribution >= 0.6 is 0 Å². The van der Waals surface area contributed by atoms with E-state index in [1.807, 2.05) is 0 Å².